The van der Waals surface area contributed by atoms with Gasteiger partial charge < -0.3 is 10.2 Å². The van der Waals surface area contributed by atoms with Crippen molar-refractivity contribution in [3.8, 4) is 0 Å². The van der Waals surface area contributed by atoms with Crippen molar-refractivity contribution in [1.29, 1.82) is 0 Å². The first-order valence-corrected chi connectivity index (χ1v) is 8.30. The molecule has 1 atom stereocenters. The first-order chi connectivity index (χ1) is 10.6. The zero-order valence-corrected chi connectivity index (χ0v) is 13.7. The molecule has 126 valence electrons. The molecule has 1 unspecified atom stereocenters. The molecule has 0 aromatic carbocycles. The third-order valence-electron chi connectivity index (χ3n) is 3.40. The second-order valence-electron chi connectivity index (χ2n) is 5.47. The van der Waals surface area contributed by atoms with E-state index in [0.717, 1.165) is 38.5 Å². The molecule has 0 bridgehead atoms. The van der Waals surface area contributed by atoms with Gasteiger partial charge in [0.25, 0.3) is 0 Å². The summed E-state index contributed by atoms with van der Waals surface area (Å²) in [5.74, 6) is -0.874. The lowest BCUT2D eigenvalue weighted by molar-refractivity contribution is -0.137. The van der Waals surface area contributed by atoms with Crippen LogP contribution in [0.5, 0.6) is 0 Å². The van der Waals surface area contributed by atoms with Crippen molar-refractivity contribution in [3.63, 3.8) is 0 Å². The van der Waals surface area contributed by atoms with E-state index >= 15 is 0 Å². The van der Waals surface area contributed by atoms with Crippen LogP contribution in [-0.4, -0.2) is 28.1 Å². The third kappa shape index (κ3) is 13.6. The van der Waals surface area contributed by atoms with Crippen LogP contribution < -0.4 is 0 Å². The van der Waals surface area contributed by atoms with Gasteiger partial charge in [0.2, 0.25) is 0 Å². The summed E-state index contributed by atoms with van der Waals surface area (Å²) >= 11 is 0. The summed E-state index contributed by atoms with van der Waals surface area (Å²) < 4.78 is 0. The fraction of sp³-hybridized carbons (Fsp3) is 0.667. The zero-order valence-electron chi connectivity index (χ0n) is 13.7. The fourth-order valence-corrected chi connectivity index (χ4v) is 2.08. The molecule has 0 saturated carbocycles. The largest absolute Gasteiger partial charge is 0.481 e. The average Bonchev–Trinajstić information content (AvgIpc) is 2.49. The highest BCUT2D eigenvalue weighted by Gasteiger charge is 2.12. The number of carbonyl (C=O) groups excluding carboxylic acids is 1. The van der Waals surface area contributed by atoms with E-state index in [2.05, 4.69) is 19.1 Å². The van der Waals surface area contributed by atoms with Crippen molar-refractivity contribution in [1.82, 2.24) is 0 Å². The van der Waals surface area contributed by atoms with Crippen molar-refractivity contribution in [2.24, 2.45) is 0 Å². The fourth-order valence-electron chi connectivity index (χ4n) is 2.08. The van der Waals surface area contributed by atoms with Gasteiger partial charge in [-0.25, -0.2) is 0 Å². The number of aliphatic hydroxyl groups is 1. The summed E-state index contributed by atoms with van der Waals surface area (Å²) in [4.78, 5) is 22.0. The lowest BCUT2D eigenvalue weighted by atomic mass is 10.0. The van der Waals surface area contributed by atoms with E-state index in [1.165, 1.54) is 0 Å². The number of rotatable bonds is 14. The molecule has 0 aromatic heterocycles. The highest BCUT2D eigenvalue weighted by atomic mass is 16.4. The molecule has 2 N–H and O–H groups in total. The van der Waals surface area contributed by atoms with Crippen LogP contribution in [0.3, 0.4) is 0 Å². The minimum Gasteiger partial charge on any atom is -0.481 e. The number of carboxylic acid groups (broad SMARTS) is 1. The summed E-state index contributed by atoms with van der Waals surface area (Å²) in [6, 6.07) is 0. The Morgan fingerprint density at radius 3 is 2.27 bits per heavy atom. The van der Waals surface area contributed by atoms with E-state index in [0.29, 0.717) is 19.3 Å². The molecule has 0 fully saturated rings. The Morgan fingerprint density at radius 1 is 0.955 bits per heavy atom. The number of Topliss-reactive ketones (excluding diaryl/α,β-unsaturated/α-hetero) is 1. The maximum absolute atomic E-state index is 11.7. The van der Waals surface area contributed by atoms with Crippen LogP contribution >= 0.6 is 0 Å². The van der Waals surface area contributed by atoms with E-state index < -0.39 is 12.1 Å². The summed E-state index contributed by atoms with van der Waals surface area (Å²) in [6.45, 7) is 2.08. The lowest BCUT2D eigenvalue weighted by Crippen LogP contribution is -2.19. The number of allylic oxidation sites excluding steroid dienone is 4. The van der Waals surface area contributed by atoms with E-state index in [1.807, 2.05) is 12.2 Å². The normalized spacial score (nSPS) is 13.0. The molecule has 0 aliphatic carbocycles. The zero-order chi connectivity index (χ0) is 16.6. The van der Waals surface area contributed by atoms with Gasteiger partial charge in [0.1, 0.15) is 6.10 Å². The number of aliphatic hydroxyl groups excluding tert-OH is 1. The van der Waals surface area contributed by atoms with E-state index in [9.17, 15) is 14.7 Å². The molecule has 0 aliphatic rings. The highest BCUT2D eigenvalue weighted by molar-refractivity contribution is 5.84. The number of unbranched alkanes of at least 4 members (excludes halogenated alkanes) is 4. The smallest absolute Gasteiger partial charge is 0.303 e. The predicted molar refractivity (Wildman–Crippen MR) is 88.8 cm³/mol. The van der Waals surface area contributed by atoms with Crippen LogP contribution in [0.1, 0.15) is 71.1 Å². The van der Waals surface area contributed by atoms with Crippen molar-refractivity contribution < 1.29 is 19.8 Å². The maximum atomic E-state index is 11.7. The third-order valence-corrected chi connectivity index (χ3v) is 3.40. The van der Waals surface area contributed by atoms with Crippen molar-refractivity contribution in [3.05, 3.63) is 24.3 Å². The van der Waals surface area contributed by atoms with Crippen LogP contribution in [0.15, 0.2) is 24.3 Å². The van der Waals surface area contributed by atoms with Crippen LogP contribution in [-0.2, 0) is 9.59 Å². The Kier molecular flexibility index (Phi) is 13.6. The molecule has 4 heteroatoms. The monoisotopic (exact) mass is 310 g/mol. The van der Waals surface area contributed by atoms with Gasteiger partial charge in [-0.05, 0) is 25.7 Å². The molecular weight excluding hydrogens is 280 g/mol. The molecule has 0 aliphatic heterocycles. The maximum Gasteiger partial charge on any atom is 0.303 e. The van der Waals surface area contributed by atoms with E-state index in [-0.39, 0.29) is 12.2 Å². The number of hydrogen-bond donors (Lipinski definition) is 2. The minimum atomic E-state index is -0.866. The summed E-state index contributed by atoms with van der Waals surface area (Å²) in [6.07, 6.45) is 14.2. The van der Waals surface area contributed by atoms with Crippen LogP contribution in [0.4, 0.5) is 0 Å². The van der Waals surface area contributed by atoms with Crippen molar-refractivity contribution >= 4 is 11.8 Å². The number of aliphatic carboxylic acids is 1. The van der Waals surface area contributed by atoms with Gasteiger partial charge >= 0.3 is 5.97 Å². The van der Waals surface area contributed by atoms with Gasteiger partial charge in [-0.3, -0.25) is 9.59 Å². The Hall–Kier alpha value is -1.42. The van der Waals surface area contributed by atoms with Crippen LogP contribution in [0, 0.1) is 0 Å². The first-order valence-electron chi connectivity index (χ1n) is 8.30. The summed E-state index contributed by atoms with van der Waals surface area (Å²) in [7, 11) is 0. The standard InChI is InChI=1S/C18H30O4/c1-2-3-4-5-7-10-13-16(19)17(20)14-11-8-6-9-12-15-18(21)22/h3-4,7,10,17,20H,2,5-6,8-9,11-15H2,1H3,(H,21,22). The van der Waals surface area contributed by atoms with Gasteiger partial charge in [-0.1, -0.05) is 56.9 Å². The average molecular weight is 310 g/mol. The Labute approximate surface area is 133 Å². The second kappa shape index (κ2) is 14.5. The molecule has 0 spiro atoms. The van der Waals surface area contributed by atoms with Crippen molar-refractivity contribution in [2.75, 3.05) is 0 Å². The molecule has 0 aromatic rings. The Morgan fingerprint density at radius 2 is 1.59 bits per heavy atom. The SMILES string of the molecule is CCC=CCC=CCC(=O)C(O)CCCCCCCC(=O)O. The van der Waals surface area contributed by atoms with Gasteiger partial charge in [-0.15, -0.1) is 0 Å². The van der Waals surface area contributed by atoms with E-state index in [1.54, 1.807) is 0 Å². The van der Waals surface area contributed by atoms with Crippen molar-refractivity contribution in [2.45, 2.75) is 77.2 Å². The molecule has 4 nitrogen and oxygen atoms in total. The first kappa shape index (κ1) is 20.6. The molecule has 0 radical (unpaired) electrons. The number of carbonyl (C=O) groups is 2. The summed E-state index contributed by atoms with van der Waals surface area (Å²) in [5, 5.41) is 18.3. The Bertz CT molecular complexity index is 358. The topological polar surface area (TPSA) is 74.6 Å². The molecule has 0 saturated heterocycles. The molecular formula is C18H30O4. The molecule has 0 heterocycles. The molecule has 22 heavy (non-hydrogen) atoms. The summed E-state index contributed by atoms with van der Waals surface area (Å²) in [5.41, 5.74) is 0. The van der Waals surface area contributed by atoms with Crippen LogP contribution in [0.2, 0.25) is 0 Å². The predicted octanol–water partition coefficient (Wildman–Crippen LogP) is 4.03. The van der Waals surface area contributed by atoms with Gasteiger partial charge in [-0.2, -0.15) is 0 Å². The van der Waals surface area contributed by atoms with E-state index in [4.69, 9.17) is 5.11 Å². The van der Waals surface area contributed by atoms with Gasteiger partial charge in [0.05, 0.1) is 0 Å². The molecule has 0 rings (SSSR count). The second-order valence-corrected chi connectivity index (χ2v) is 5.47. The number of hydrogen-bond acceptors (Lipinski definition) is 3. The van der Waals surface area contributed by atoms with Crippen LogP contribution in [0.25, 0.3) is 0 Å². The van der Waals surface area contributed by atoms with Gasteiger partial charge in [0, 0.05) is 12.8 Å². The minimum absolute atomic E-state index is 0.124. The number of ketones is 1. The molecule has 0 amide bonds. The lowest BCUT2D eigenvalue weighted by Gasteiger charge is -2.07. The number of carboxylic acids is 1. The quantitative estimate of drug-likeness (QED) is 0.375. The Balaban J connectivity index is 3.57. The highest BCUT2D eigenvalue weighted by Crippen LogP contribution is 2.10. The van der Waals surface area contributed by atoms with Gasteiger partial charge in [0.15, 0.2) is 5.78 Å².